The van der Waals surface area contributed by atoms with Crippen LogP contribution >= 0.6 is 0 Å². The molecule has 0 spiro atoms. The second-order valence-corrected chi connectivity index (χ2v) is 5.88. The largest absolute Gasteiger partial charge is 0.351 e. The maximum atomic E-state index is 12.1. The molecule has 0 heterocycles. The summed E-state index contributed by atoms with van der Waals surface area (Å²) in [6.45, 7) is 4.19. The van der Waals surface area contributed by atoms with Crippen molar-refractivity contribution in [1.29, 1.82) is 0 Å². The number of hydrogen-bond acceptors (Lipinski definition) is 3. The third-order valence-corrected chi connectivity index (χ3v) is 3.70. The van der Waals surface area contributed by atoms with Crippen molar-refractivity contribution < 1.29 is 9.59 Å². The molecule has 0 aromatic heterocycles. The highest BCUT2D eigenvalue weighted by atomic mass is 16.2. The smallest absolute Gasteiger partial charge is 0.323 e. The number of amides is 3. The first-order valence-corrected chi connectivity index (χ1v) is 8.25. The standard InChI is InChI=1S/C19H24N4O2/c1-3-17(20)18(24)21-12-14-7-5-9-16(11-14)23-19(25)22-15-8-4-6-13(2)10-15/h4-11,17H,3,12,20H2,1-2H3,(H,21,24)(H2,22,23,25)/t17-/m0/s1. The Bertz CT molecular complexity index is 746. The molecule has 0 saturated carbocycles. The van der Waals surface area contributed by atoms with E-state index in [1.54, 1.807) is 6.07 Å². The quantitative estimate of drug-likeness (QED) is 0.651. The van der Waals surface area contributed by atoms with Gasteiger partial charge in [0, 0.05) is 17.9 Å². The summed E-state index contributed by atoms with van der Waals surface area (Å²) >= 11 is 0. The van der Waals surface area contributed by atoms with Crippen LogP contribution in [0.25, 0.3) is 0 Å². The summed E-state index contributed by atoms with van der Waals surface area (Å²) in [5.41, 5.74) is 9.01. The van der Waals surface area contributed by atoms with E-state index in [1.165, 1.54) is 0 Å². The number of nitrogens with one attached hydrogen (secondary N) is 3. The molecule has 3 amide bonds. The van der Waals surface area contributed by atoms with Gasteiger partial charge in [-0.25, -0.2) is 4.79 Å². The van der Waals surface area contributed by atoms with Crippen molar-refractivity contribution in [3.63, 3.8) is 0 Å². The van der Waals surface area contributed by atoms with Crippen molar-refractivity contribution in [2.75, 3.05) is 10.6 Å². The molecule has 0 fully saturated rings. The van der Waals surface area contributed by atoms with Gasteiger partial charge >= 0.3 is 6.03 Å². The summed E-state index contributed by atoms with van der Waals surface area (Å²) in [7, 11) is 0. The van der Waals surface area contributed by atoms with E-state index in [1.807, 2.05) is 56.3 Å². The number of carbonyl (C=O) groups excluding carboxylic acids is 2. The Morgan fingerprint density at radius 1 is 1.04 bits per heavy atom. The fourth-order valence-electron chi connectivity index (χ4n) is 2.28. The molecule has 25 heavy (non-hydrogen) atoms. The summed E-state index contributed by atoms with van der Waals surface area (Å²) < 4.78 is 0. The summed E-state index contributed by atoms with van der Waals surface area (Å²) in [6, 6.07) is 14.1. The first-order chi connectivity index (χ1) is 12.0. The molecule has 2 aromatic rings. The van der Waals surface area contributed by atoms with Gasteiger partial charge < -0.3 is 21.7 Å². The SMILES string of the molecule is CC[C@H](N)C(=O)NCc1cccc(NC(=O)Nc2cccc(C)c2)c1. The summed E-state index contributed by atoms with van der Waals surface area (Å²) in [4.78, 5) is 23.8. The maximum absolute atomic E-state index is 12.1. The molecule has 2 aromatic carbocycles. The molecule has 1 atom stereocenters. The van der Waals surface area contributed by atoms with E-state index in [0.29, 0.717) is 18.7 Å². The van der Waals surface area contributed by atoms with Crippen molar-refractivity contribution in [1.82, 2.24) is 5.32 Å². The second kappa shape index (κ2) is 8.84. The Morgan fingerprint density at radius 2 is 1.68 bits per heavy atom. The molecule has 6 heteroatoms. The number of nitrogens with two attached hydrogens (primary N) is 1. The molecular formula is C19H24N4O2. The monoisotopic (exact) mass is 340 g/mol. The predicted octanol–water partition coefficient (Wildman–Crippen LogP) is 2.99. The Balaban J connectivity index is 1.92. The maximum Gasteiger partial charge on any atom is 0.323 e. The van der Waals surface area contributed by atoms with Gasteiger partial charge in [-0.3, -0.25) is 4.79 Å². The third kappa shape index (κ3) is 5.93. The molecule has 2 rings (SSSR count). The second-order valence-electron chi connectivity index (χ2n) is 5.88. The van der Waals surface area contributed by atoms with Gasteiger partial charge in [0.1, 0.15) is 0 Å². The van der Waals surface area contributed by atoms with E-state index in [0.717, 1.165) is 16.8 Å². The molecule has 5 N–H and O–H groups in total. The van der Waals surface area contributed by atoms with E-state index in [-0.39, 0.29) is 11.9 Å². The van der Waals surface area contributed by atoms with Crippen LogP contribution in [-0.4, -0.2) is 18.0 Å². The number of anilines is 2. The zero-order valence-corrected chi connectivity index (χ0v) is 14.5. The van der Waals surface area contributed by atoms with Crippen LogP contribution < -0.4 is 21.7 Å². The fourth-order valence-corrected chi connectivity index (χ4v) is 2.28. The van der Waals surface area contributed by atoms with Crippen LogP contribution in [0.2, 0.25) is 0 Å². The van der Waals surface area contributed by atoms with Gasteiger partial charge in [-0.05, 0) is 48.7 Å². The third-order valence-electron chi connectivity index (χ3n) is 3.70. The highest BCUT2D eigenvalue weighted by molar-refractivity contribution is 5.99. The lowest BCUT2D eigenvalue weighted by Crippen LogP contribution is -2.39. The molecule has 6 nitrogen and oxygen atoms in total. The minimum atomic E-state index is -0.499. The molecule has 0 aliphatic carbocycles. The van der Waals surface area contributed by atoms with Crippen LogP contribution in [0.1, 0.15) is 24.5 Å². The van der Waals surface area contributed by atoms with Crippen LogP contribution in [0, 0.1) is 6.92 Å². The predicted molar refractivity (Wildman–Crippen MR) is 100 cm³/mol. The zero-order chi connectivity index (χ0) is 18.2. The number of urea groups is 1. The lowest BCUT2D eigenvalue weighted by molar-refractivity contribution is -0.122. The highest BCUT2D eigenvalue weighted by Crippen LogP contribution is 2.13. The van der Waals surface area contributed by atoms with Crippen LogP contribution in [0.4, 0.5) is 16.2 Å². The van der Waals surface area contributed by atoms with Crippen LogP contribution in [-0.2, 0) is 11.3 Å². The number of rotatable bonds is 6. The normalized spacial score (nSPS) is 11.5. The Morgan fingerprint density at radius 3 is 2.32 bits per heavy atom. The molecule has 0 aliphatic rings. The van der Waals surface area contributed by atoms with Crippen molar-refractivity contribution in [2.24, 2.45) is 5.73 Å². The first kappa shape index (κ1) is 18.5. The highest BCUT2D eigenvalue weighted by Gasteiger charge is 2.10. The van der Waals surface area contributed by atoms with Crippen molar-refractivity contribution in [2.45, 2.75) is 32.9 Å². The lowest BCUT2D eigenvalue weighted by Gasteiger charge is -2.12. The zero-order valence-electron chi connectivity index (χ0n) is 14.5. The van der Waals surface area contributed by atoms with Crippen molar-refractivity contribution in [3.05, 3.63) is 59.7 Å². The van der Waals surface area contributed by atoms with E-state index in [4.69, 9.17) is 5.73 Å². The summed E-state index contributed by atoms with van der Waals surface area (Å²) in [5, 5.41) is 8.36. The van der Waals surface area contributed by atoms with E-state index < -0.39 is 6.04 Å². The fraction of sp³-hybridized carbons (Fsp3) is 0.263. The average molecular weight is 340 g/mol. The van der Waals surface area contributed by atoms with Gasteiger partial charge in [-0.1, -0.05) is 31.2 Å². The van der Waals surface area contributed by atoms with Gasteiger partial charge in [0.15, 0.2) is 0 Å². The minimum Gasteiger partial charge on any atom is -0.351 e. The van der Waals surface area contributed by atoms with Gasteiger partial charge in [0.25, 0.3) is 0 Å². The van der Waals surface area contributed by atoms with Gasteiger partial charge in [0.05, 0.1) is 6.04 Å². The summed E-state index contributed by atoms with van der Waals surface area (Å²) in [6.07, 6.45) is 0.590. The number of hydrogen-bond donors (Lipinski definition) is 4. The minimum absolute atomic E-state index is 0.182. The Labute approximate surface area is 147 Å². The van der Waals surface area contributed by atoms with Crippen molar-refractivity contribution in [3.8, 4) is 0 Å². The van der Waals surface area contributed by atoms with Gasteiger partial charge in [-0.15, -0.1) is 0 Å². The van der Waals surface area contributed by atoms with Crippen LogP contribution in [0.5, 0.6) is 0 Å². The topological polar surface area (TPSA) is 96.2 Å². The molecule has 0 saturated heterocycles. The van der Waals surface area contributed by atoms with E-state index >= 15 is 0 Å². The van der Waals surface area contributed by atoms with E-state index in [2.05, 4.69) is 16.0 Å². The van der Waals surface area contributed by atoms with Crippen molar-refractivity contribution >= 4 is 23.3 Å². The Hall–Kier alpha value is -2.86. The summed E-state index contributed by atoms with van der Waals surface area (Å²) in [5.74, 6) is -0.182. The number of benzene rings is 2. The molecule has 0 radical (unpaired) electrons. The van der Waals surface area contributed by atoms with Crippen LogP contribution in [0.3, 0.4) is 0 Å². The molecule has 132 valence electrons. The molecule has 0 unspecified atom stereocenters. The molecular weight excluding hydrogens is 316 g/mol. The average Bonchev–Trinajstić information content (AvgIpc) is 2.59. The number of aryl methyl sites for hydroxylation is 1. The Kier molecular flexibility index (Phi) is 6.54. The van der Waals surface area contributed by atoms with E-state index in [9.17, 15) is 9.59 Å². The number of carbonyl (C=O) groups is 2. The van der Waals surface area contributed by atoms with Gasteiger partial charge in [0.2, 0.25) is 5.91 Å². The van der Waals surface area contributed by atoms with Crippen LogP contribution in [0.15, 0.2) is 48.5 Å². The first-order valence-electron chi connectivity index (χ1n) is 8.25. The van der Waals surface area contributed by atoms with Gasteiger partial charge in [-0.2, -0.15) is 0 Å². The lowest BCUT2D eigenvalue weighted by atomic mass is 10.2. The molecule has 0 aliphatic heterocycles. The molecule has 0 bridgehead atoms.